The first kappa shape index (κ1) is 18.3. The largest absolute Gasteiger partial charge is 0.481 e. The summed E-state index contributed by atoms with van der Waals surface area (Å²) in [5, 5.41) is 15.6. The van der Waals surface area contributed by atoms with Gasteiger partial charge in [0.25, 0.3) is 0 Å². The van der Waals surface area contributed by atoms with Gasteiger partial charge in [-0.25, -0.2) is 4.79 Å². The van der Waals surface area contributed by atoms with Crippen molar-refractivity contribution in [2.45, 2.75) is 11.8 Å². The molecule has 0 saturated carbocycles. The van der Waals surface area contributed by atoms with Crippen LogP contribution in [0.5, 0.6) is 0 Å². The number of thiophene rings is 1. The molecule has 6 heteroatoms. The zero-order valence-electron chi connectivity index (χ0n) is 15.0. The molecule has 0 fully saturated rings. The number of fused-ring (bicyclic) bond motifs is 3. The lowest BCUT2D eigenvalue weighted by molar-refractivity contribution is -0.138. The molecule has 28 heavy (non-hydrogen) atoms. The van der Waals surface area contributed by atoms with Gasteiger partial charge in [-0.15, -0.1) is 0 Å². The van der Waals surface area contributed by atoms with Crippen molar-refractivity contribution < 1.29 is 19.4 Å². The molecule has 3 aromatic rings. The number of hydrogen-bond donors (Lipinski definition) is 2. The second-order valence-corrected chi connectivity index (χ2v) is 7.43. The normalized spacial score (nSPS) is 13.4. The molecule has 0 saturated heterocycles. The van der Waals surface area contributed by atoms with Crippen LogP contribution in [-0.4, -0.2) is 30.3 Å². The lowest BCUT2D eigenvalue weighted by Crippen LogP contribution is -2.32. The molecule has 0 radical (unpaired) electrons. The van der Waals surface area contributed by atoms with Crippen LogP contribution >= 0.6 is 11.3 Å². The van der Waals surface area contributed by atoms with Crippen molar-refractivity contribution in [3.05, 3.63) is 82.0 Å². The maximum Gasteiger partial charge on any atom is 0.407 e. The Kier molecular flexibility index (Phi) is 5.12. The summed E-state index contributed by atoms with van der Waals surface area (Å²) in [5.74, 6) is -1.78. The fourth-order valence-electron chi connectivity index (χ4n) is 3.66. The first-order valence-corrected chi connectivity index (χ1v) is 9.93. The topological polar surface area (TPSA) is 75.6 Å². The number of aliphatic carboxylic acids is 1. The molecule has 1 aromatic heterocycles. The van der Waals surface area contributed by atoms with Crippen LogP contribution < -0.4 is 5.32 Å². The van der Waals surface area contributed by atoms with E-state index >= 15 is 0 Å². The van der Waals surface area contributed by atoms with E-state index in [0.29, 0.717) is 5.56 Å². The minimum atomic E-state index is -0.975. The second-order valence-electron chi connectivity index (χ2n) is 6.65. The minimum absolute atomic E-state index is 0.0112. The Morgan fingerprint density at radius 2 is 1.68 bits per heavy atom. The van der Waals surface area contributed by atoms with Gasteiger partial charge in [0.05, 0.1) is 5.92 Å². The van der Waals surface area contributed by atoms with Gasteiger partial charge in [-0.3, -0.25) is 4.79 Å². The van der Waals surface area contributed by atoms with Crippen molar-refractivity contribution in [3.63, 3.8) is 0 Å². The van der Waals surface area contributed by atoms with E-state index in [1.54, 1.807) is 11.4 Å². The Morgan fingerprint density at radius 3 is 2.25 bits per heavy atom. The van der Waals surface area contributed by atoms with Crippen LogP contribution in [0.3, 0.4) is 0 Å². The third kappa shape index (κ3) is 3.51. The quantitative estimate of drug-likeness (QED) is 0.649. The van der Waals surface area contributed by atoms with Crippen molar-refractivity contribution in [1.29, 1.82) is 0 Å². The van der Waals surface area contributed by atoms with Gasteiger partial charge < -0.3 is 15.2 Å². The van der Waals surface area contributed by atoms with Crippen LogP contribution in [0.4, 0.5) is 4.79 Å². The van der Waals surface area contributed by atoms with E-state index < -0.39 is 18.0 Å². The van der Waals surface area contributed by atoms with E-state index in [-0.39, 0.29) is 19.1 Å². The molecule has 2 N–H and O–H groups in total. The van der Waals surface area contributed by atoms with Gasteiger partial charge in [0.15, 0.2) is 0 Å². The van der Waals surface area contributed by atoms with Crippen molar-refractivity contribution in [3.8, 4) is 11.1 Å². The number of carbonyl (C=O) groups excluding carboxylic acids is 1. The van der Waals surface area contributed by atoms with E-state index in [1.165, 1.54) is 11.3 Å². The number of benzene rings is 2. The number of ether oxygens (including phenoxy) is 1. The molecule has 1 atom stereocenters. The van der Waals surface area contributed by atoms with Crippen molar-refractivity contribution >= 4 is 23.4 Å². The highest BCUT2D eigenvalue weighted by Gasteiger charge is 2.29. The second kappa shape index (κ2) is 7.86. The summed E-state index contributed by atoms with van der Waals surface area (Å²) in [7, 11) is 0. The first-order chi connectivity index (χ1) is 13.6. The van der Waals surface area contributed by atoms with E-state index in [0.717, 1.165) is 22.3 Å². The average Bonchev–Trinajstić information content (AvgIpc) is 3.33. The number of rotatable bonds is 6. The molecule has 1 unspecified atom stereocenters. The third-order valence-electron chi connectivity index (χ3n) is 5.04. The van der Waals surface area contributed by atoms with E-state index in [4.69, 9.17) is 4.74 Å². The Hall–Kier alpha value is -3.12. The van der Waals surface area contributed by atoms with Crippen molar-refractivity contribution in [2.24, 2.45) is 0 Å². The molecule has 0 bridgehead atoms. The Balaban J connectivity index is 1.41. The smallest absolute Gasteiger partial charge is 0.407 e. The van der Waals surface area contributed by atoms with Crippen LogP contribution in [-0.2, 0) is 9.53 Å². The highest BCUT2D eigenvalue weighted by molar-refractivity contribution is 7.08. The summed E-state index contributed by atoms with van der Waals surface area (Å²) in [6.45, 7) is 0.193. The van der Waals surface area contributed by atoms with Gasteiger partial charge in [-0.2, -0.15) is 11.3 Å². The standard InChI is InChI=1S/C22H19NO4S/c24-21(25)19(14-9-10-28-13-14)11-23-22(26)27-12-20-17-7-3-1-5-15(17)16-6-2-4-8-18(16)20/h1-10,13,19-20H,11-12H2,(H,23,26)(H,24,25). The van der Waals surface area contributed by atoms with E-state index in [9.17, 15) is 14.7 Å². The van der Waals surface area contributed by atoms with Gasteiger partial charge in [0.1, 0.15) is 6.61 Å². The number of carboxylic acid groups (broad SMARTS) is 1. The predicted octanol–water partition coefficient (Wildman–Crippen LogP) is 4.46. The highest BCUT2D eigenvalue weighted by Crippen LogP contribution is 2.44. The molecule has 0 spiro atoms. The van der Waals surface area contributed by atoms with Crippen LogP contribution in [0.15, 0.2) is 65.4 Å². The fraction of sp³-hybridized carbons (Fsp3) is 0.182. The average molecular weight is 393 g/mol. The molecular weight excluding hydrogens is 374 g/mol. The molecule has 1 heterocycles. The Morgan fingerprint density at radius 1 is 1.04 bits per heavy atom. The summed E-state index contributed by atoms with van der Waals surface area (Å²) in [5.41, 5.74) is 5.28. The Bertz CT molecular complexity index is 954. The highest BCUT2D eigenvalue weighted by atomic mass is 32.1. The molecule has 5 nitrogen and oxygen atoms in total. The maximum atomic E-state index is 12.2. The van der Waals surface area contributed by atoms with Crippen LogP contribution in [0.2, 0.25) is 0 Å². The predicted molar refractivity (Wildman–Crippen MR) is 108 cm³/mol. The van der Waals surface area contributed by atoms with Crippen molar-refractivity contribution in [1.82, 2.24) is 5.32 Å². The SMILES string of the molecule is O=C(NCC(C(=O)O)c1ccsc1)OCC1c2ccccc2-c2ccccc21. The molecule has 142 valence electrons. The summed E-state index contributed by atoms with van der Waals surface area (Å²) in [6.07, 6.45) is -0.608. The zero-order chi connectivity index (χ0) is 19.5. The van der Waals surface area contributed by atoms with Crippen LogP contribution in [0, 0.1) is 0 Å². The molecular formula is C22H19NO4S. The van der Waals surface area contributed by atoms with E-state index in [2.05, 4.69) is 29.6 Å². The van der Waals surface area contributed by atoms with Crippen LogP contribution in [0.1, 0.15) is 28.5 Å². The fourth-order valence-corrected chi connectivity index (χ4v) is 4.37. The number of carboxylic acids is 1. The van der Waals surface area contributed by atoms with Gasteiger partial charge in [-0.1, -0.05) is 48.5 Å². The van der Waals surface area contributed by atoms with E-state index in [1.807, 2.05) is 29.6 Å². The molecule has 0 aliphatic heterocycles. The monoisotopic (exact) mass is 393 g/mol. The summed E-state index contributed by atoms with van der Waals surface area (Å²) in [4.78, 5) is 23.7. The first-order valence-electron chi connectivity index (χ1n) is 8.99. The summed E-state index contributed by atoms with van der Waals surface area (Å²) in [6, 6.07) is 18.0. The van der Waals surface area contributed by atoms with Crippen molar-refractivity contribution in [2.75, 3.05) is 13.2 Å². The molecule has 2 aromatic carbocycles. The summed E-state index contributed by atoms with van der Waals surface area (Å²) >= 11 is 1.43. The zero-order valence-corrected chi connectivity index (χ0v) is 15.8. The lowest BCUT2D eigenvalue weighted by Gasteiger charge is -2.16. The summed E-state index contributed by atoms with van der Waals surface area (Å²) < 4.78 is 5.45. The number of hydrogen-bond acceptors (Lipinski definition) is 4. The Labute approximate surface area is 166 Å². The van der Waals surface area contributed by atoms with Gasteiger partial charge in [0, 0.05) is 12.5 Å². The number of carbonyl (C=O) groups is 2. The van der Waals surface area contributed by atoms with Gasteiger partial charge >= 0.3 is 12.1 Å². The molecule has 1 amide bonds. The minimum Gasteiger partial charge on any atom is -0.481 e. The number of alkyl carbamates (subject to hydrolysis) is 1. The van der Waals surface area contributed by atoms with Gasteiger partial charge in [0.2, 0.25) is 0 Å². The molecule has 4 rings (SSSR count). The lowest BCUT2D eigenvalue weighted by atomic mass is 9.98. The number of nitrogens with one attached hydrogen (secondary N) is 1. The van der Waals surface area contributed by atoms with Gasteiger partial charge in [-0.05, 0) is 44.6 Å². The van der Waals surface area contributed by atoms with Crippen LogP contribution in [0.25, 0.3) is 11.1 Å². The third-order valence-corrected chi connectivity index (χ3v) is 5.74. The maximum absolute atomic E-state index is 12.2. The number of amides is 1. The molecule has 1 aliphatic carbocycles. The molecule has 1 aliphatic rings.